The molecule has 0 amide bonds. The highest BCUT2D eigenvalue weighted by Crippen LogP contribution is 2.34. The van der Waals surface area contributed by atoms with Crippen LogP contribution in [-0.2, 0) is 9.47 Å². The Balaban J connectivity index is 1.25. The molecule has 0 aromatic carbocycles. The molecule has 1 spiro atoms. The van der Waals surface area contributed by atoms with Gasteiger partial charge in [-0.05, 0) is 37.5 Å². The second-order valence-electron chi connectivity index (χ2n) is 6.93. The van der Waals surface area contributed by atoms with Crippen molar-refractivity contribution in [1.29, 1.82) is 0 Å². The second kappa shape index (κ2) is 7.13. The van der Waals surface area contributed by atoms with Gasteiger partial charge in [-0.15, -0.1) is 0 Å². The molecular weight excluding hydrogens is 310 g/mol. The van der Waals surface area contributed by atoms with Gasteiger partial charge in [-0.2, -0.15) is 0 Å². The van der Waals surface area contributed by atoms with Gasteiger partial charge in [0.25, 0.3) is 0 Å². The molecule has 1 unspecified atom stereocenters. The Hall–Kier alpha value is -0.560. The van der Waals surface area contributed by atoms with Crippen LogP contribution < -0.4 is 5.32 Å². The summed E-state index contributed by atoms with van der Waals surface area (Å²) < 4.78 is 11.6. The zero-order valence-corrected chi connectivity index (χ0v) is 14.6. The first kappa shape index (κ1) is 15.9. The van der Waals surface area contributed by atoms with Gasteiger partial charge in [-0.1, -0.05) is 11.8 Å². The van der Waals surface area contributed by atoms with Gasteiger partial charge in [-0.25, -0.2) is 0 Å². The number of nitrogens with zero attached hydrogens (tertiary/aromatic N) is 2. The molecule has 2 fully saturated rings. The number of aliphatic imine (C=N–C) groups is 1. The normalized spacial score (nSPS) is 30.1. The van der Waals surface area contributed by atoms with Crippen LogP contribution in [0.5, 0.6) is 0 Å². The van der Waals surface area contributed by atoms with Crippen molar-refractivity contribution in [3.63, 3.8) is 0 Å². The highest BCUT2D eigenvalue weighted by Gasteiger charge is 2.38. The monoisotopic (exact) mass is 337 g/mol. The minimum absolute atomic E-state index is 0.0866. The fourth-order valence-electron chi connectivity index (χ4n) is 4.03. The zero-order valence-electron chi connectivity index (χ0n) is 13.8. The number of hydrogen-bond donors (Lipinski definition) is 1. The van der Waals surface area contributed by atoms with Gasteiger partial charge < -0.3 is 19.7 Å². The van der Waals surface area contributed by atoms with Gasteiger partial charge in [0.1, 0.15) is 0 Å². The van der Waals surface area contributed by atoms with Crippen LogP contribution in [0.3, 0.4) is 0 Å². The molecule has 1 atom stereocenters. The van der Waals surface area contributed by atoms with Crippen LogP contribution in [0.25, 0.3) is 0 Å². The highest BCUT2D eigenvalue weighted by atomic mass is 32.2. The number of ether oxygens (including phenoxy) is 2. The van der Waals surface area contributed by atoms with Crippen molar-refractivity contribution in [2.75, 3.05) is 39.5 Å². The summed E-state index contributed by atoms with van der Waals surface area (Å²) in [6.45, 7) is 5.78. The first-order valence-corrected chi connectivity index (χ1v) is 9.85. The van der Waals surface area contributed by atoms with E-state index in [9.17, 15) is 0 Å². The molecule has 0 aromatic rings. The molecule has 4 rings (SSSR count). The Kier molecular flexibility index (Phi) is 4.94. The van der Waals surface area contributed by atoms with E-state index < -0.39 is 0 Å². The number of thioether (sulfide) groups is 1. The van der Waals surface area contributed by atoms with E-state index in [4.69, 9.17) is 9.47 Å². The first-order valence-electron chi connectivity index (χ1n) is 8.97. The molecule has 1 N–H and O–H groups in total. The summed E-state index contributed by atoms with van der Waals surface area (Å²) in [5.41, 5.74) is 1.53. The number of amidine groups is 1. The minimum atomic E-state index is 0.0866. The lowest BCUT2D eigenvalue weighted by Gasteiger charge is -2.43. The van der Waals surface area contributed by atoms with Crippen molar-refractivity contribution in [2.24, 2.45) is 4.99 Å². The van der Waals surface area contributed by atoms with E-state index in [1.165, 1.54) is 17.3 Å². The summed E-state index contributed by atoms with van der Waals surface area (Å²) in [4.78, 5) is 7.00. The van der Waals surface area contributed by atoms with Gasteiger partial charge in [0.05, 0.1) is 5.60 Å². The van der Waals surface area contributed by atoms with Gasteiger partial charge in [-0.3, -0.25) is 4.99 Å². The third-order valence-electron chi connectivity index (χ3n) is 5.38. The fraction of sp³-hybridized carbons (Fsp3) is 0.824. The van der Waals surface area contributed by atoms with E-state index in [1.54, 1.807) is 11.8 Å². The molecule has 6 heteroatoms. The average Bonchev–Trinajstić information content (AvgIpc) is 2.99. The summed E-state index contributed by atoms with van der Waals surface area (Å²) >= 11 is 1.79. The molecule has 0 aromatic heterocycles. The lowest BCUT2D eigenvalue weighted by molar-refractivity contribution is -0.140. The van der Waals surface area contributed by atoms with Crippen LogP contribution in [-0.4, -0.2) is 61.2 Å². The second-order valence-corrected chi connectivity index (χ2v) is 7.77. The molecular formula is C17H27N3O2S. The largest absolute Gasteiger partial charge is 0.381 e. The zero-order chi connectivity index (χ0) is 15.5. The standard InChI is InChI=1S/C17H27N3O2S/c1-6-19-16-20(8-1)15(13-23-16)2-7-18-14-3-9-22-17(12-14)4-10-21-11-5-17/h13-14,18H,1-12H2. The van der Waals surface area contributed by atoms with Gasteiger partial charge in [0.2, 0.25) is 0 Å². The summed E-state index contributed by atoms with van der Waals surface area (Å²) in [6.07, 6.45) is 6.66. The van der Waals surface area contributed by atoms with Crippen LogP contribution in [0.2, 0.25) is 0 Å². The number of nitrogens with one attached hydrogen (secondary N) is 1. The van der Waals surface area contributed by atoms with Crippen LogP contribution >= 0.6 is 11.8 Å². The summed E-state index contributed by atoms with van der Waals surface area (Å²) in [6, 6.07) is 0.589. The van der Waals surface area contributed by atoms with Crippen LogP contribution in [0.15, 0.2) is 16.1 Å². The Morgan fingerprint density at radius 1 is 1.35 bits per heavy atom. The molecule has 0 radical (unpaired) electrons. The molecule has 0 saturated carbocycles. The van der Waals surface area contributed by atoms with Gasteiger partial charge in [0.15, 0.2) is 5.17 Å². The van der Waals surface area contributed by atoms with Crippen molar-refractivity contribution >= 4 is 16.9 Å². The molecule has 0 aliphatic carbocycles. The van der Waals surface area contributed by atoms with E-state index in [-0.39, 0.29) is 5.60 Å². The smallest absolute Gasteiger partial charge is 0.167 e. The molecule has 4 heterocycles. The Bertz CT molecular complexity index is 483. The number of fused-ring (bicyclic) bond motifs is 1. The van der Waals surface area contributed by atoms with Crippen molar-refractivity contribution in [1.82, 2.24) is 10.2 Å². The molecule has 5 nitrogen and oxygen atoms in total. The highest BCUT2D eigenvalue weighted by molar-refractivity contribution is 8.16. The average molecular weight is 337 g/mol. The molecule has 2 saturated heterocycles. The third kappa shape index (κ3) is 3.60. The summed E-state index contributed by atoms with van der Waals surface area (Å²) in [7, 11) is 0. The maximum atomic E-state index is 6.13. The van der Waals surface area contributed by atoms with E-state index in [0.29, 0.717) is 6.04 Å². The third-order valence-corrected chi connectivity index (χ3v) is 6.33. The molecule has 4 aliphatic heterocycles. The number of hydrogen-bond acceptors (Lipinski definition) is 6. The predicted octanol–water partition coefficient (Wildman–Crippen LogP) is 2.34. The van der Waals surface area contributed by atoms with Crippen molar-refractivity contribution in [2.45, 2.75) is 50.2 Å². The van der Waals surface area contributed by atoms with Crippen molar-refractivity contribution in [3.05, 3.63) is 11.1 Å². The van der Waals surface area contributed by atoms with E-state index in [0.717, 1.165) is 71.6 Å². The summed E-state index contributed by atoms with van der Waals surface area (Å²) in [5, 5.41) is 7.27. The van der Waals surface area contributed by atoms with Crippen molar-refractivity contribution in [3.8, 4) is 0 Å². The lowest BCUT2D eigenvalue weighted by atomic mass is 9.84. The lowest BCUT2D eigenvalue weighted by Crippen LogP contribution is -2.50. The van der Waals surface area contributed by atoms with Gasteiger partial charge in [0, 0.05) is 57.6 Å². The maximum absolute atomic E-state index is 6.13. The van der Waals surface area contributed by atoms with Crippen LogP contribution in [0.1, 0.15) is 38.5 Å². The van der Waals surface area contributed by atoms with Crippen LogP contribution in [0, 0.1) is 0 Å². The Morgan fingerprint density at radius 3 is 3.17 bits per heavy atom. The maximum Gasteiger partial charge on any atom is 0.167 e. The first-order chi connectivity index (χ1) is 11.3. The fourth-order valence-corrected chi connectivity index (χ4v) is 5.02. The molecule has 128 valence electrons. The minimum Gasteiger partial charge on any atom is -0.381 e. The molecule has 0 bridgehead atoms. The topological polar surface area (TPSA) is 46.1 Å². The predicted molar refractivity (Wildman–Crippen MR) is 93.7 cm³/mol. The molecule has 23 heavy (non-hydrogen) atoms. The SMILES string of the molecule is C1=C(CCNC2CCOC3(CCOCC3)C2)N2CCCN=C2S1. The van der Waals surface area contributed by atoms with E-state index in [1.807, 2.05) is 0 Å². The van der Waals surface area contributed by atoms with E-state index in [2.05, 4.69) is 20.6 Å². The summed E-state index contributed by atoms with van der Waals surface area (Å²) in [5.74, 6) is 0. The van der Waals surface area contributed by atoms with Crippen LogP contribution in [0.4, 0.5) is 0 Å². The Morgan fingerprint density at radius 2 is 2.26 bits per heavy atom. The Labute approximate surface area is 142 Å². The van der Waals surface area contributed by atoms with Crippen molar-refractivity contribution < 1.29 is 9.47 Å². The number of rotatable bonds is 4. The quantitative estimate of drug-likeness (QED) is 0.853. The van der Waals surface area contributed by atoms with Gasteiger partial charge >= 0.3 is 0 Å². The van der Waals surface area contributed by atoms with E-state index >= 15 is 0 Å². The molecule has 4 aliphatic rings.